The number of para-hydroxylation sites is 1. The summed E-state index contributed by atoms with van der Waals surface area (Å²) in [7, 11) is 5.25. The number of methoxy groups -OCH3 is 2. The molecule has 6 heteroatoms. The molecule has 0 heterocycles. The zero-order valence-corrected chi connectivity index (χ0v) is 19.1. The Labute approximate surface area is 186 Å². The fourth-order valence-corrected chi connectivity index (χ4v) is 6.92. The van der Waals surface area contributed by atoms with E-state index >= 15 is 0 Å². The van der Waals surface area contributed by atoms with Crippen LogP contribution in [0.1, 0.15) is 50.5 Å². The van der Waals surface area contributed by atoms with Crippen molar-refractivity contribution in [2.24, 2.45) is 17.8 Å². The van der Waals surface area contributed by atoms with Crippen LogP contribution in [0.5, 0.6) is 11.5 Å². The monoisotopic (exact) mass is 425 g/mol. The summed E-state index contributed by atoms with van der Waals surface area (Å²) in [6, 6.07) is 8.10. The molecule has 0 unspecified atom stereocenters. The van der Waals surface area contributed by atoms with Crippen LogP contribution >= 0.6 is 0 Å². The molecule has 4 aliphatic rings. The van der Waals surface area contributed by atoms with E-state index in [-0.39, 0.29) is 11.4 Å². The molecule has 0 radical (unpaired) electrons. The van der Waals surface area contributed by atoms with Crippen LogP contribution in [0, 0.1) is 29.1 Å². The van der Waals surface area contributed by atoms with E-state index in [0.29, 0.717) is 37.6 Å². The van der Waals surface area contributed by atoms with Crippen molar-refractivity contribution < 1.29 is 14.3 Å². The zero-order valence-electron chi connectivity index (χ0n) is 19.1. The van der Waals surface area contributed by atoms with E-state index in [1.165, 1.54) is 19.3 Å². The number of benzene rings is 1. The number of nitrogens with zero attached hydrogens (tertiary/aromatic N) is 3. The highest BCUT2D eigenvalue weighted by molar-refractivity contribution is 5.79. The van der Waals surface area contributed by atoms with Gasteiger partial charge in [0.1, 0.15) is 0 Å². The summed E-state index contributed by atoms with van der Waals surface area (Å²) in [5.74, 6) is 3.87. The number of rotatable bonds is 9. The minimum Gasteiger partial charge on any atom is -0.493 e. The molecular weight excluding hydrogens is 390 g/mol. The highest BCUT2D eigenvalue weighted by Crippen LogP contribution is 2.57. The number of carbonyl (C=O) groups is 1. The Kier molecular flexibility index (Phi) is 6.43. The maximum atomic E-state index is 13.6. The van der Waals surface area contributed by atoms with Gasteiger partial charge in [-0.1, -0.05) is 12.1 Å². The topological polar surface area (TPSA) is 65.8 Å². The number of nitriles is 1. The van der Waals surface area contributed by atoms with Crippen LogP contribution in [0.25, 0.3) is 0 Å². The molecule has 4 aliphatic carbocycles. The molecule has 0 saturated heterocycles. The lowest BCUT2D eigenvalue weighted by Crippen LogP contribution is -2.62. The van der Waals surface area contributed by atoms with E-state index in [2.05, 4.69) is 11.0 Å². The first kappa shape index (κ1) is 22.0. The van der Waals surface area contributed by atoms with Gasteiger partial charge in [0.25, 0.3) is 0 Å². The van der Waals surface area contributed by atoms with Gasteiger partial charge >= 0.3 is 0 Å². The van der Waals surface area contributed by atoms with Gasteiger partial charge in [-0.05, 0) is 69.4 Å². The average Bonchev–Trinajstić information content (AvgIpc) is 2.72. The van der Waals surface area contributed by atoms with Crippen molar-refractivity contribution in [3.05, 3.63) is 23.8 Å². The number of likely N-dealkylation sites (N-methyl/N-ethyl adjacent to an activating group) is 1. The Morgan fingerprint density at radius 2 is 1.77 bits per heavy atom. The minimum atomic E-state index is -0.0167. The molecule has 0 spiro atoms. The summed E-state index contributed by atoms with van der Waals surface area (Å²) < 4.78 is 11.0. The molecule has 168 valence electrons. The van der Waals surface area contributed by atoms with Gasteiger partial charge in [0.05, 0.1) is 33.3 Å². The molecule has 1 amide bonds. The lowest BCUT2D eigenvalue weighted by molar-refractivity contribution is -0.151. The van der Waals surface area contributed by atoms with Gasteiger partial charge in [-0.3, -0.25) is 9.69 Å². The van der Waals surface area contributed by atoms with Crippen molar-refractivity contribution in [3.8, 4) is 17.6 Å². The second-order valence-electron chi connectivity index (χ2n) is 9.92. The Hall–Kier alpha value is -2.26. The SMILES string of the molecule is COc1cccc(CN(C)CC(=O)N(CCC#N)C23CC4CC(CC(C4)C2)C3)c1OC. The molecule has 0 aromatic heterocycles. The van der Waals surface area contributed by atoms with E-state index in [9.17, 15) is 10.1 Å². The van der Waals surface area contributed by atoms with Gasteiger partial charge in [-0.25, -0.2) is 0 Å². The number of ether oxygens (including phenoxy) is 2. The smallest absolute Gasteiger partial charge is 0.237 e. The molecule has 6 nitrogen and oxygen atoms in total. The van der Waals surface area contributed by atoms with E-state index in [0.717, 1.165) is 42.6 Å². The Bertz CT molecular complexity index is 812. The summed E-state index contributed by atoms with van der Waals surface area (Å²) in [4.78, 5) is 17.7. The first-order valence-corrected chi connectivity index (χ1v) is 11.5. The average molecular weight is 426 g/mol. The van der Waals surface area contributed by atoms with Crippen molar-refractivity contribution in [2.45, 2.75) is 57.0 Å². The van der Waals surface area contributed by atoms with Gasteiger partial charge in [0, 0.05) is 24.2 Å². The van der Waals surface area contributed by atoms with Crippen molar-refractivity contribution >= 4 is 5.91 Å². The van der Waals surface area contributed by atoms with Crippen LogP contribution in [-0.4, -0.2) is 55.6 Å². The van der Waals surface area contributed by atoms with E-state index in [4.69, 9.17) is 9.47 Å². The van der Waals surface area contributed by atoms with Crippen LogP contribution in [0.15, 0.2) is 18.2 Å². The zero-order chi connectivity index (χ0) is 22.0. The molecule has 0 aliphatic heterocycles. The van der Waals surface area contributed by atoms with Crippen LogP contribution in [0.3, 0.4) is 0 Å². The van der Waals surface area contributed by atoms with Crippen molar-refractivity contribution in [1.29, 1.82) is 5.26 Å². The largest absolute Gasteiger partial charge is 0.493 e. The van der Waals surface area contributed by atoms with E-state index < -0.39 is 0 Å². The summed E-state index contributed by atoms with van der Waals surface area (Å²) in [6.45, 7) is 1.49. The fourth-order valence-electron chi connectivity index (χ4n) is 6.92. The first-order chi connectivity index (χ1) is 15.0. The van der Waals surface area contributed by atoms with Crippen LogP contribution < -0.4 is 9.47 Å². The molecule has 1 aromatic carbocycles. The molecular formula is C25H35N3O3. The van der Waals surface area contributed by atoms with E-state index in [1.54, 1.807) is 14.2 Å². The highest BCUT2D eigenvalue weighted by Gasteiger charge is 2.54. The van der Waals surface area contributed by atoms with E-state index in [1.807, 2.05) is 30.1 Å². The van der Waals surface area contributed by atoms with Gasteiger partial charge in [0.15, 0.2) is 11.5 Å². The second kappa shape index (κ2) is 9.08. The van der Waals surface area contributed by atoms with Crippen LogP contribution in [0.4, 0.5) is 0 Å². The standard InChI is InChI=1S/C25H35N3O3/c1-27(16-21-6-4-7-22(30-2)24(21)31-3)17-23(29)28(9-5-8-26)25-13-18-10-19(14-25)12-20(11-18)15-25/h4,6-7,18-20H,5,9-17H2,1-3H3. The minimum absolute atomic E-state index is 0.0167. The van der Waals surface area contributed by atoms with Crippen molar-refractivity contribution in [3.63, 3.8) is 0 Å². The van der Waals surface area contributed by atoms with Gasteiger partial charge in [-0.15, -0.1) is 0 Å². The van der Waals surface area contributed by atoms with Crippen molar-refractivity contribution in [2.75, 3.05) is 34.4 Å². The molecule has 31 heavy (non-hydrogen) atoms. The van der Waals surface area contributed by atoms with Crippen molar-refractivity contribution in [1.82, 2.24) is 9.80 Å². The summed E-state index contributed by atoms with van der Waals surface area (Å²) in [5, 5.41) is 9.24. The summed E-state index contributed by atoms with van der Waals surface area (Å²) in [6.07, 6.45) is 7.82. The number of hydrogen-bond acceptors (Lipinski definition) is 5. The fraction of sp³-hybridized carbons (Fsp3) is 0.680. The predicted octanol–water partition coefficient (Wildman–Crippen LogP) is 3.85. The lowest BCUT2D eigenvalue weighted by Gasteiger charge is -2.60. The van der Waals surface area contributed by atoms with Gasteiger partial charge in [-0.2, -0.15) is 5.26 Å². The highest BCUT2D eigenvalue weighted by atomic mass is 16.5. The molecule has 1 aromatic rings. The third-order valence-corrected chi connectivity index (χ3v) is 7.66. The Balaban J connectivity index is 1.48. The maximum Gasteiger partial charge on any atom is 0.237 e. The lowest BCUT2D eigenvalue weighted by atomic mass is 9.52. The quantitative estimate of drug-likeness (QED) is 0.601. The molecule has 0 atom stereocenters. The molecule has 4 saturated carbocycles. The summed E-state index contributed by atoms with van der Waals surface area (Å²) in [5.41, 5.74) is 0.979. The Morgan fingerprint density at radius 1 is 1.13 bits per heavy atom. The summed E-state index contributed by atoms with van der Waals surface area (Å²) >= 11 is 0. The number of amides is 1. The van der Waals surface area contributed by atoms with Gasteiger partial charge in [0.2, 0.25) is 5.91 Å². The maximum absolute atomic E-state index is 13.6. The number of carbonyl (C=O) groups excluding carboxylic acids is 1. The van der Waals surface area contributed by atoms with Crippen LogP contribution in [0.2, 0.25) is 0 Å². The van der Waals surface area contributed by atoms with Crippen LogP contribution in [-0.2, 0) is 11.3 Å². The third kappa shape index (κ3) is 4.39. The number of hydrogen-bond donors (Lipinski definition) is 0. The molecule has 5 rings (SSSR count). The molecule has 4 bridgehead atoms. The predicted molar refractivity (Wildman–Crippen MR) is 119 cm³/mol. The second-order valence-corrected chi connectivity index (χ2v) is 9.92. The first-order valence-electron chi connectivity index (χ1n) is 11.5. The third-order valence-electron chi connectivity index (χ3n) is 7.66. The molecule has 4 fully saturated rings. The molecule has 0 N–H and O–H groups in total. The van der Waals surface area contributed by atoms with Gasteiger partial charge < -0.3 is 14.4 Å². The normalized spacial score (nSPS) is 28.4. The Morgan fingerprint density at radius 3 is 2.32 bits per heavy atom.